The monoisotopic (exact) mass is 536 g/mol. The predicted molar refractivity (Wildman–Crippen MR) is 177 cm³/mol. The van der Waals surface area contributed by atoms with Crippen molar-refractivity contribution in [3.8, 4) is 0 Å². The van der Waals surface area contributed by atoms with E-state index < -0.39 is 12.6 Å². The van der Waals surface area contributed by atoms with Gasteiger partial charge in [0.05, 0.1) is 0 Å². The van der Waals surface area contributed by atoms with Crippen LogP contribution in [0.1, 0.15) is 108 Å². The average molecular weight is 537 g/mol. The van der Waals surface area contributed by atoms with Gasteiger partial charge in [0.1, 0.15) is 0 Å². The number of unbranched alkanes of at least 4 members (excludes halogenated alkanes) is 11. The van der Waals surface area contributed by atoms with Gasteiger partial charge in [-0.2, -0.15) is 0 Å². The van der Waals surface area contributed by atoms with Crippen LogP contribution in [0.15, 0.2) is 60.2 Å². The summed E-state index contributed by atoms with van der Waals surface area (Å²) in [7, 11) is 0. The summed E-state index contributed by atoms with van der Waals surface area (Å²) in [4.78, 5) is 0. The molecule has 0 atom stereocenters. The van der Waals surface area contributed by atoms with Crippen molar-refractivity contribution in [2.75, 3.05) is 25.7 Å². The zero-order chi connectivity index (χ0) is 26.3. The van der Waals surface area contributed by atoms with Gasteiger partial charge in [-0.1, -0.05) is 0 Å². The summed E-state index contributed by atoms with van der Waals surface area (Å²) in [5.41, 5.74) is 3.02. The van der Waals surface area contributed by atoms with E-state index in [2.05, 4.69) is 99.5 Å². The van der Waals surface area contributed by atoms with E-state index in [0.717, 1.165) is 0 Å². The molecule has 2 aliphatic rings. The first-order chi connectivity index (χ1) is 17.9. The molecule has 37 heavy (non-hydrogen) atoms. The van der Waals surface area contributed by atoms with Crippen molar-refractivity contribution in [3.05, 3.63) is 71.3 Å². The molecule has 0 nitrogen and oxygen atoms in total. The maximum absolute atomic E-state index is 2.84. The second-order valence-corrected chi connectivity index (χ2v) is 29.2. The first kappa shape index (κ1) is 28.8. The number of hydrogen-bond acceptors (Lipinski definition) is 0. The summed E-state index contributed by atoms with van der Waals surface area (Å²) < 4.78 is 0. The minimum absolute atomic E-state index is 1.33. The summed E-state index contributed by atoms with van der Waals surface area (Å²) in [5, 5.41) is 3.46. The summed E-state index contributed by atoms with van der Waals surface area (Å²) in [6.45, 7) is 10.3. The Morgan fingerprint density at radius 1 is 0.459 bits per heavy atom. The van der Waals surface area contributed by atoms with E-state index in [1.54, 1.807) is 10.6 Å². The molecule has 0 amide bonds. The van der Waals surface area contributed by atoms with E-state index in [1.807, 2.05) is 0 Å². The molecule has 0 saturated carbocycles. The van der Waals surface area contributed by atoms with E-state index >= 15 is 0 Å². The molecule has 0 aliphatic carbocycles. The molecule has 2 heteroatoms. The van der Waals surface area contributed by atoms with Gasteiger partial charge in [0.15, 0.2) is 0 Å². The normalized spacial score (nSPS) is 21.4. The number of hydrogen-bond donors (Lipinski definition) is 0. The maximum atomic E-state index is 2.84. The zero-order valence-corrected chi connectivity index (χ0v) is 26.2. The number of fused-ring (bicyclic) bond motifs is 2. The van der Waals surface area contributed by atoms with Gasteiger partial charge in [0, 0.05) is 0 Å². The molecule has 2 aliphatic heterocycles. The van der Waals surface area contributed by atoms with Gasteiger partial charge >= 0.3 is 230 Å². The van der Waals surface area contributed by atoms with E-state index in [9.17, 15) is 0 Å². The van der Waals surface area contributed by atoms with Crippen LogP contribution >= 0.6 is 12.6 Å². The molecular weight excluding hydrogens is 482 g/mol. The Hall–Kier alpha value is -1.22. The van der Waals surface area contributed by atoms with Crippen molar-refractivity contribution in [2.24, 2.45) is 0 Å². The van der Waals surface area contributed by atoms with E-state index in [4.69, 9.17) is 0 Å². The molecule has 0 aromatic heterocycles. The van der Waals surface area contributed by atoms with Crippen LogP contribution in [0, 0.1) is 0 Å². The fourth-order valence-corrected chi connectivity index (χ4v) is 29.3. The molecule has 0 spiro atoms. The molecular formula is C35H54P2. The second kappa shape index (κ2) is 11.9. The molecule has 0 bridgehead atoms. The van der Waals surface area contributed by atoms with Gasteiger partial charge in [-0.15, -0.1) is 0 Å². The predicted octanol–water partition coefficient (Wildman–Crippen LogP) is 11.0. The molecule has 0 radical (unpaired) electrons. The molecule has 4 rings (SSSR count). The Morgan fingerprint density at radius 2 is 0.811 bits per heavy atom. The third-order valence-corrected chi connectivity index (χ3v) is 34.4. The van der Waals surface area contributed by atoms with Crippen LogP contribution in [0.2, 0.25) is 0 Å². The van der Waals surface area contributed by atoms with Gasteiger partial charge in [-0.3, -0.25) is 0 Å². The van der Waals surface area contributed by atoms with Crippen molar-refractivity contribution in [1.29, 1.82) is 0 Å². The van der Waals surface area contributed by atoms with Gasteiger partial charge in [0.2, 0.25) is 0 Å². The molecule has 204 valence electrons. The number of rotatable bonds is 16. The Morgan fingerprint density at radius 3 is 1.22 bits per heavy atom. The Labute approximate surface area is 229 Å². The summed E-state index contributed by atoms with van der Waals surface area (Å²) in [6.07, 6.45) is 20.9. The van der Waals surface area contributed by atoms with Crippen molar-refractivity contribution in [2.45, 2.75) is 97.3 Å². The van der Waals surface area contributed by atoms with Crippen LogP contribution in [0.5, 0.6) is 0 Å². The van der Waals surface area contributed by atoms with E-state index in [0.29, 0.717) is 0 Å². The fourth-order valence-electron chi connectivity index (χ4n) is 7.76. The fraction of sp³-hybridized carbons (Fsp3) is 0.543. The summed E-state index contributed by atoms with van der Waals surface area (Å²) in [6, 6.07) is 19.1. The third-order valence-electron chi connectivity index (χ3n) is 10.4. The molecule has 2 aromatic carbocycles. The van der Waals surface area contributed by atoms with Crippen LogP contribution < -0.4 is 10.6 Å². The molecule has 0 N–H and O–H groups in total. The second-order valence-electron chi connectivity index (χ2n) is 12.7. The minimum atomic E-state index is -2.46. The Balaban J connectivity index is 1.74. The topological polar surface area (TPSA) is 0 Å². The van der Waals surface area contributed by atoms with Gasteiger partial charge < -0.3 is 0 Å². The van der Waals surface area contributed by atoms with Crippen LogP contribution in [-0.2, 0) is 0 Å². The van der Waals surface area contributed by atoms with Crippen molar-refractivity contribution in [1.82, 2.24) is 0 Å². The van der Waals surface area contributed by atoms with Gasteiger partial charge in [-0.05, 0) is 0 Å². The zero-order valence-electron chi connectivity index (χ0n) is 24.4. The summed E-state index contributed by atoms with van der Waals surface area (Å²) in [5.74, 6) is 5.68. The first-order valence-electron chi connectivity index (χ1n) is 15.5. The van der Waals surface area contributed by atoms with Crippen LogP contribution in [0.25, 0.3) is 12.2 Å². The quantitative estimate of drug-likeness (QED) is 0.148. The Kier molecular flexibility index (Phi) is 9.25. The van der Waals surface area contributed by atoms with Crippen molar-refractivity contribution in [3.63, 3.8) is 0 Å². The summed E-state index contributed by atoms with van der Waals surface area (Å²) >= 11 is 0. The first-order valence-corrected chi connectivity index (χ1v) is 22.1. The standard InChI is InChI=1S/C35H54P2/c1-5-7-9-11-13-15-21-29-37(4,31-27-33-23-17-19-25-35(33)37)36(3,28-20-14-12-10-8-6-2)30-26-32-22-16-18-24-34(32)36/h16-19,22-27,30-31H,5-15,20-21,28-29H2,1-4H3. The molecule has 0 unspecified atom stereocenters. The van der Waals surface area contributed by atoms with E-state index in [-0.39, 0.29) is 0 Å². The van der Waals surface area contributed by atoms with Crippen LogP contribution in [0.4, 0.5) is 0 Å². The van der Waals surface area contributed by atoms with E-state index in [1.165, 1.54) is 107 Å². The Bertz CT molecular complexity index is 1120. The van der Waals surface area contributed by atoms with Crippen molar-refractivity contribution < 1.29 is 0 Å². The van der Waals surface area contributed by atoms with Crippen LogP contribution in [-0.4, -0.2) is 25.7 Å². The van der Waals surface area contributed by atoms with Gasteiger partial charge in [0.25, 0.3) is 0 Å². The number of benzene rings is 2. The SMILES string of the molecule is CCCCCCCCCP1(C)(P2(C)(CCCCCCCC)C=Cc3ccccc32)C=Cc2ccccc21. The molecule has 0 saturated heterocycles. The van der Waals surface area contributed by atoms with Gasteiger partial charge in [-0.25, -0.2) is 0 Å². The molecule has 2 heterocycles. The van der Waals surface area contributed by atoms with Crippen molar-refractivity contribution >= 4 is 35.3 Å². The molecule has 2 aromatic rings. The average Bonchev–Trinajstić information content (AvgIpc) is 3.42. The third kappa shape index (κ3) is 4.85. The molecule has 0 fully saturated rings. The van der Waals surface area contributed by atoms with Crippen LogP contribution in [0.3, 0.4) is 0 Å².